The van der Waals surface area contributed by atoms with Crippen LogP contribution in [0.3, 0.4) is 0 Å². The average Bonchev–Trinajstić information content (AvgIpc) is 2.59. The van der Waals surface area contributed by atoms with Gasteiger partial charge in [-0.15, -0.1) is 0 Å². The van der Waals surface area contributed by atoms with Crippen LogP contribution in [0.25, 0.3) is 6.08 Å². The van der Waals surface area contributed by atoms with Crippen LogP contribution in [0.5, 0.6) is 0 Å². The van der Waals surface area contributed by atoms with E-state index in [9.17, 15) is 9.59 Å². The summed E-state index contributed by atoms with van der Waals surface area (Å²) < 4.78 is 0. The number of aromatic carboxylic acids is 1. The molecule has 2 amide bonds. The molecule has 6 heteroatoms. The molecule has 0 aromatic heterocycles. The summed E-state index contributed by atoms with van der Waals surface area (Å²) >= 11 is 0. The Morgan fingerprint density at radius 3 is 2.17 bits per heavy atom. The predicted molar refractivity (Wildman–Crippen MR) is 92.7 cm³/mol. The summed E-state index contributed by atoms with van der Waals surface area (Å²) in [5.41, 5.74) is 8.04. The van der Waals surface area contributed by atoms with Gasteiger partial charge in [-0.3, -0.25) is 0 Å². The van der Waals surface area contributed by atoms with Gasteiger partial charge in [0.15, 0.2) is 0 Å². The van der Waals surface area contributed by atoms with E-state index < -0.39 is 12.0 Å². The number of rotatable bonds is 6. The Hall–Kier alpha value is -3.41. The Balaban J connectivity index is 2.10. The van der Waals surface area contributed by atoms with E-state index in [2.05, 4.69) is 11.7 Å². The molecule has 0 heterocycles. The number of benzene rings is 2. The van der Waals surface area contributed by atoms with Crippen LogP contribution in [-0.4, -0.2) is 28.3 Å². The second-order valence-electron chi connectivity index (χ2n) is 5.01. The molecule has 0 unspecified atom stereocenters. The number of hydrogen-bond donors (Lipinski definition) is 2. The third kappa shape index (κ3) is 4.54. The van der Waals surface area contributed by atoms with Crippen LogP contribution in [0.2, 0.25) is 0 Å². The first-order valence-corrected chi connectivity index (χ1v) is 7.15. The van der Waals surface area contributed by atoms with Crippen LogP contribution < -0.4 is 5.73 Å². The van der Waals surface area contributed by atoms with Gasteiger partial charge in [0.1, 0.15) is 0 Å². The highest BCUT2D eigenvalue weighted by Gasteiger charge is 2.08. The number of carbonyl (C=O) groups excluding carboxylic acids is 1. The topological polar surface area (TPSA) is 96.0 Å². The standard InChI is InChI=1S/C18H17N3O3/c1-2-13-3-5-15(6-4-13)12-21(18(19)24)20-11-14-7-9-16(10-8-14)17(22)23/h2-11H,1,12H2,(H2,19,24)(H,22,23). The van der Waals surface area contributed by atoms with E-state index in [0.29, 0.717) is 5.56 Å². The fourth-order valence-electron chi connectivity index (χ4n) is 1.96. The number of hydrogen-bond acceptors (Lipinski definition) is 3. The summed E-state index contributed by atoms with van der Waals surface area (Å²) in [7, 11) is 0. The van der Waals surface area contributed by atoms with Crippen LogP contribution in [0.15, 0.2) is 60.2 Å². The molecule has 0 fully saturated rings. The fourth-order valence-corrected chi connectivity index (χ4v) is 1.96. The molecule has 0 radical (unpaired) electrons. The zero-order valence-electron chi connectivity index (χ0n) is 12.9. The van der Waals surface area contributed by atoms with Gasteiger partial charge in [0.2, 0.25) is 0 Å². The van der Waals surface area contributed by atoms with Gasteiger partial charge in [0.25, 0.3) is 0 Å². The number of urea groups is 1. The third-order valence-corrected chi connectivity index (χ3v) is 3.31. The number of amides is 2. The lowest BCUT2D eigenvalue weighted by Crippen LogP contribution is -2.30. The molecule has 6 nitrogen and oxygen atoms in total. The minimum atomic E-state index is -1.000. The van der Waals surface area contributed by atoms with E-state index in [4.69, 9.17) is 10.8 Å². The number of nitrogens with two attached hydrogens (primary N) is 1. The third-order valence-electron chi connectivity index (χ3n) is 3.31. The number of hydrazone groups is 1. The SMILES string of the molecule is C=Cc1ccc(CN(N=Cc2ccc(C(=O)O)cc2)C(N)=O)cc1. The van der Waals surface area contributed by atoms with Gasteiger partial charge in [-0.05, 0) is 28.8 Å². The van der Waals surface area contributed by atoms with Gasteiger partial charge >= 0.3 is 12.0 Å². The molecule has 0 aliphatic carbocycles. The van der Waals surface area contributed by atoms with E-state index in [-0.39, 0.29) is 12.1 Å². The van der Waals surface area contributed by atoms with Crippen LogP contribution >= 0.6 is 0 Å². The van der Waals surface area contributed by atoms with Gasteiger partial charge in [-0.2, -0.15) is 5.10 Å². The molecule has 24 heavy (non-hydrogen) atoms. The minimum Gasteiger partial charge on any atom is -0.478 e. The van der Waals surface area contributed by atoms with Crippen molar-refractivity contribution in [2.24, 2.45) is 10.8 Å². The van der Waals surface area contributed by atoms with Crippen LogP contribution in [0.4, 0.5) is 4.79 Å². The largest absolute Gasteiger partial charge is 0.478 e. The van der Waals surface area contributed by atoms with Crippen molar-refractivity contribution in [3.8, 4) is 0 Å². The lowest BCUT2D eigenvalue weighted by atomic mass is 10.1. The first-order chi connectivity index (χ1) is 11.5. The van der Waals surface area contributed by atoms with Gasteiger partial charge in [0, 0.05) is 0 Å². The quantitative estimate of drug-likeness (QED) is 0.632. The van der Waals surface area contributed by atoms with Crippen LogP contribution in [0.1, 0.15) is 27.0 Å². The highest BCUT2D eigenvalue weighted by atomic mass is 16.4. The molecule has 0 aliphatic rings. The van der Waals surface area contributed by atoms with Crippen molar-refractivity contribution in [3.05, 3.63) is 77.4 Å². The molecular weight excluding hydrogens is 306 g/mol. The fraction of sp³-hybridized carbons (Fsp3) is 0.0556. The summed E-state index contributed by atoms with van der Waals surface area (Å²) in [6, 6.07) is 13.0. The first kappa shape index (κ1) is 17.0. The summed E-state index contributed by atoms with van der Waals surface area (Å²) in [6.07, 6.45) is 3.18. The predicted octanol–water partition coefficient (Wildman–Crippen LogP) is 2.94. The molecule has 122 valence electrons. The van der Waals surface area contributed by atoms with Crippen molar-refractivity contribution in [1.29, 1.82) is 0 Å². The Bertz CT molecular complexity index is 765. The first-order valence-electron chi connectivity index (χ1n) is 7.15. The summed E-state index contributed by atoms with van der Waals surface area (Å²) in [5, 5.41) is 14.1. The summed E-state index contributed by atoms with van der Waals surface area (Å²) in [4.78, 5) is 22.3. The lowest BCUT2D eigenvalue weighted by molar-refractivity contribution is 0.0697. The average molecular weight is 323 g/mol. The van der Waals surface area contributed by atoms with Crippen molar-refractivity contribution in [2.75, 3.05) is 0 Å². The maximum atomic E-state index is 11.5. The van der Waals surface area contributed by atoms with Crippen molar-refractivity contribution in [1.82, 2.24) is 5.01 Å². The highest BCUT2D eigenvalue weighted by molar-refractivity contribution is 5.89. The summed E-state index contributed by atoms with van der Waals surface area (Å²) in [5.74, 6) is -1.000. The number of carbonyl (C=O) groups is 2. The monoisotopic (exact) mass is 323 g/mol. The molecule has 0 saturated heterocycles. The molecule has 2 aromatic rings. The Kier molecular flexibility index (Phi) is 5.46. The Morgan fingerprint density at radius 1 is 1.08 bits per heavy atom. The smallest absolute Gasteiger partial charge is 0.335 e. The second kappa shape index (κ2) is 7.73. The normalized spacial score (nSPS) is 10.5. The van der Waals surface area contributed by atoms with Crippen LogP contribution in [-0.2, 0) is 6.54 Å². The molecule has 0 spiro atoms. The number of primary amides is 1. The second-order valence-corrected chi connectivity index (χ2v) is 5.01. The maximum absolute atomic E-state index is 11.5. The van der Waals surface area contributed by atoms with Gasteiger partial charge in [0.05, 0.1) is 18.3 Å². The number of carboxylic acids is 1. The van der Waals surface area contributed by atoms with Crippen molar-refractivity contribution in [3.63, 3.8) is 0 Å². The molecular formula is C18H17N3O3. The van der Waals surface area contributed by atoms with Gasteiger partial charge in [-0.25, -0.2) is 14.6 Å². The van der Waals surface area contributed by atoms with E-state index >= 15 is 0 Å². The lowest BCUT2D eigenvalue weighted by Gasteiger charge is -2.14. The Labute approximate surface area is 139 Å². The minimum absolute atomic E-state index is 0.182. The van der Waals surface area contributed by atoms with E-state index in [0.717, 1.165) is 16.1 Å². The molecule has 0 atom stereocenters. The summed E-state index contributed by atoms with van der Waals surface area (Å²) in [6.45, 7) is 3.92. The van der Waals surface area contributed by atoms with E-state index in [1.165, 1.54) is 18.3 Å². The van der Waals surface area contributed by atoms with Crippen molar-refractivity contribution < 1.29 is 14.7 Å². The molecule has 2 aromatic carbocycles. The zero-order chi connectivity index (χ0) is 17.5. The van der Waals surface area contributed by atoms with Crippen LogP contribution in [0, 0.1) is 0 Å². The Morgan fingerprint density at radius 2 is 1.67 bits per heavy atom. The maximum Gasteiger partial charge on any atom is 0.335 e. The van der Waals surface area contributed by atoms with Gasteiger partial charge < -0.3 is 10.8 Å². The molecule has 0 saturated carbocycles. The number of carboxylic acid groups (broad SMARTS) is 1. The van der Waals surface area contributed by atoms with Crippen molar-refractivity contribution >= 4 is 24.3 Å². The van der Waals surface area contributed by atoms with E-state index in [1.54, 1.807) is 18.2 Å². The molecule has 2 rings (SSSR count). The molecule has 0 aliphatic heterocycles. The highest BCUT2D eigenvalue weighted by Crippen LogP contribution is 2.09. The van der Waals surface area contributed by atoms with Crippen molar-refractivity contribution in [2.45, 2.75) is 6.54 Å². The van der Waals surface area contributed by atoms with Gasteiger partial charge in [-0.1, -0.05) is 49.1 Å². The zero-order valence-corrected chi connectivity index (χ0v) is 12.9. The molecule has 0 bridgehead atoms. The number of nitrogens with zero attached hydrogens (tertiary/aromatic N) is 2. The molecule has 3 N–H and O–H groups in total. The van der Waals surface area contributed by atoms with E-state index in [1.807, 2.05) is 24.3 Å².